The van der Waals surface area contributed by atoms with E-state index in [-0.39, 0.29) is 12.2 Å². The second kappa shape index (κ2) is 9.36. The predicted molar refractivity (Wildman–Crippen MR) is 106 cm³/mol. The smallest absolute Gasteiger partial charge is 0.354 e. The number of para-hydroxylation sites is 1. The summed E-state index contributed by atoms with van der Waals surface area (Å²) >= 11 is 0. The van der Waals surface area contributed by atoms with E-state index in [1.54, 1.807) is 9.80 Å². The Morgan fingerprint density at radius 1 is 1.06 bits per heavy atom. The van der Waals surface area contributed by atoms with Crippen LogP contribution in [0, 0.1) is 0 Å². The highest BCUT2D eigenvalue weighted by atomic mass is 32.2. The van der Waals surface area contributed by atoms with Crippen molar-refractivity contribution in [2.45, 2.75) is 16.8 Å². The van der Waals surface area contributed by atoms with Crippen molar-refractivity contribution in [3.8, 4) is 0 Å². The summed E-state index contributed by atoms with van der Waals surface area (Å²) in [6.07, 6.45) is -3.70. The summed E-state index contributed by atoms with van der Waals surface area (Å²) in [6.45, 7) is 1.49. The standard InChI is InChI=1S/C19H19F5N4O3S/c20-18(21)32(30,31)15-4-2-1-3-14(15)26-17(29)12-27-7-9-28(10-8-27)16-6-5-13(11-25-16)19(22,23)24/h1-6,11,18H,7-10,12H2,(H,26,29). The molecule has 0 aliphatic carbocycles. The molecule has 1 saturated heterocycles. The van der Waals surface area contributed by atoms with Gasteiger partial charge in [0.25, 0.3) is 0 Å². The highest BCUT2D eigenvalue weighted by molar-refractivity contribution is 7.91. The second-order valence-electron chi connectivity index (χ2n) is 7.02. The number of alkyl halides is 5. The van der Waals surface area contributed by atoms with Crippen molar-refractivity contribution >= 4 is 27.2 Å². The van der Waals surface area contributed by atoms with Gasteiger partial charge in [-0.3, -0.25) is 9.69 Å². The maximum atomic E-state index is 12.9. The Morgan fingerprint density at radius 2 is 1.72 bits per heavy atom. The van der Waals surface area contributed by atoms with Gasteiger partial charge in [-0.05, 0) is 24.3 Å². The molecule has 2 aromatic rings. The molecule has 2 heterocycles. The molecule has 0 radical (unpaired) electrons. The van der Waals surface area contributed by atoms with Crippen LogP contribution in [-0.4, -0.2) is 62.7 Å². The van der Waals surface area contributed by atoms with Gasteiger partial charge in [-0.1, -0.05) is 12.1 Å². The van der Waals surface area contributed by atoms with Crippen molar-refractivity contribution in [1.82, 2.24) is 9.88 Å². The van der Waals surface area contributed by atoms with Gasteiger partial charge in [-0.25, -0.2) is 13.4 Å². The molecule has 0 atom stereocenters. The lowest BCUT2D eigenvalue weighted by Gasteiger charge is -2.35. The fourth-order valence-corrected chi connectivity index (χ4v) is 4.07. The van der Waals surface area contributed by atoms with Gasteiger partial charge in [0.2, 0.25) is 15.7 Å². The van der Waals surface area contributed by atoms with Gasteiger partial charge in [0, 0.05) is 32.4 Å². The largest absolute Gasteiger partial charge is 0.417 e. The van der Waals surface area contributed by atoms with E-state index in [9.17, 15) is 35.2 Å². The first-order chi connectivity index (χ1) is 15.0. The average Bonchev–Trinajstić information content (AvgIpc) is 2.74. The molecule has 1 aliphatic heterocycles. The van der Waals surface area contributed by atoms with E-state index in [4.69, 9.17) is 0 Å². The van der Waals surface area contributed by atoms with Crippen LogP contribution in [0.5, 0.6) is 0 Å². The Labute approximate surface area is 180 Å². The zero-order valence-electron chi connectivity index (χ0n) is 16.5. The lowest BCUT2D eigenvalue weighted by atomic mass is 10.2. The van der Waals surface area contributed by atoms with Gasteiger partial charge in [0.1, 0.15) is 5.82 Å². The van der Waals surface area contributed by atoms with Crippen LogP contribution in [0.3, 0.4) is 0 Å². The highest BCUT2D eigenvalue weighted by Crippen LogP contribution is 2.29. The average molecular weight is 478 g/mol. The molecule has 1 aromatic heterocycles. The van der Waals surface area contributed by atoms with E-state index in [0.29, 0.717) is 32.0 Å². The fraction of sp³-hybridized carbons (Fsp3) is 0.368. The summed E-state index contributed by atoms with van der Waals surface area (Å²) in [6, 6.07) is 7.14. The molecule has 1 fully saturated rings. The van der Waals surface area contributed by atoms with Crippen molar-refractivity contribution in [2.75, 3.05) is 42.9 Å². The Bertz CT molecular complexity index is 1050. The summed E-state index contributed by atoms with van der Waals surface area (Å²) in [7, 11) is -4.88. The number of nitrogens with zero attached hydrogens (tertiary/aromatic N) is 3. The highest BCUT2D eigenvalue weighted by Gasteiger charge is 2.31. The molecule has 0 unspecified atom stereocenters. The maximum Gasteiger partial charge on any atom is 0.417 e. The number of amides is 1. The van der Waals surface area contributed by atoms with Gasteiger partial charge < -0.3 is 10.2 Å². The molecule has 0 saturated carbocycles. The lowest BCUT2D eigenvalue weighted by Crippen LogP contribution is -2.49. The number of rotatable bonds is 6. The second-order valence-corrected chi connectivity index (χ2v) is 8.90. The minimum Gasteiger partial charge on any atom is -0.354 e. The number of carbonyl (C=O) groups is 1. The quantitative estimate of drug-likeness (QED) is 0.643. The van der Waals surface area contributed by atoms with Crippen LogP contribution >= 0.6 is 0 Å². The summed E-state index contributed by atoms with van der Waals surface area (Å²) in [4.78, 5) is 19.1. The van der Waals surface area contributed by atoms with Crippen molar-refractivity contribution in [2.24, 2.45) is 0 Å². The normalized spacial score (nSPS) is 15.8. The first kappa shape index (κ1) is 23.9. The monoisotopic (exact) mass is 478 g/mol. The van der Waals surface area contributed by atoms with Crippen molar-refractivity contribution in [1.29, 1.82) is 0 Å². The number of halogens is 5. The van der Waals surface area contributed by atoms with E-state index >= 15 is 0 Å². The molecule has 174 valence electrons. The molecular weight excluding hydrogens is 459 g/mol. The molecule has 1 aliphatic rings. The van der Waals surface area contributed by atoms with Crippen LogP contribution in [0.2, 0.25) is 0 Å². The molecule has 1 N–H and O–H groups in total. The predicted octanol–water partition coefficient (Wildman–Crippen LogP) is 2.86. The Hall–Kier alpha value is -2.80. The number of pyridine rings is 1. The van der Waals surface area contributed by atoms with Gasteiger partial charge in [-0.2, -0.15) is 22.0 Å². The van der Waals surface area contributed by atoms with E-state index in [2.05, 4.69) is 10.3 Å². The first-order valence-corrected chi connectivity index (χ1v) is 10.9. The number of anilines is 2. The third-order valence-corrected chi connectivity index (χ3v) is 6.28. The molecule has 0 bridgehead atoms. The number of hydrogen-bond acceptors (Lipinski definition) is 6. The van der Waals surface area contributed by atoms with Crippen molar-refractivity contribution in [3.63, 3.8) is 0 Å². The Balaban J connectivity index is 1.57. The number of sulfone groups is 1. The number of piperazine rings is 1. The van der Waals surface area contributed by atoms with Crippen LogP contribution in [0.4, 0.5) is 33.5 Å². The van der Waals surface area contributed by atoms with Crippen molar-refractivity contribution in [3.05, 3.63) is 48.2 Å². The van der Waals surface area contributed by atoms with Gasteiger partial charge in [0.15, 0.2) is 0 Å². The summed E-state index contributed by atoms with van der Waals surface area (Å²) < 4.78 is 87.3. The summed E-state index contributed by atoms with van der Waals surface area (Å²) in [5, 5.41) is 2.36. The maximum absolute atomic E-state index is 12.9. The summed E-state index contributed by atoms with van der Waals surface area (Å²) in [5.74, 6) is -3.82. The van der Waals surface area contributed by atoms with Gasteiger partial charge in [-0.15, -0.1) is 0 Å². The van der Waals surface area contributed by atoms with Gasteiger partial charge >= 0.3 is 11.9 Å². The van der Waals surface area contributed by atoms with Crippen LogP contribution < -0.4 is 10.2 Å². The molecule has 1 amide bonds. The van der Waals surface area contributed by atoms with Crippen LogP contribution in [0.15, 0.2) is 47.5 Å². The minimum atomic E-state index is -4.88. The van der Waals surface area contributed by atoms with Crippen LogP contribution in [-0.2, 0) is 20.8 Å². The van der Waals surface area contributed by atoms with E-state index < -0.39 is 38.1 Å². The van der Waals surface area contributed by atoms with E-state index in [1.807, 2.05) is 0 Å². The van der Waals surface area contributed by atoms with Crippen LogP contribution in [0.25, 0.3) is 0 Å². The zero-order valence-corrected chi connectivity index (χ0v) is 17.3. The van der Waals surface area contributed by atoms with E-state index in [0.717, 1.165) is 18.3 Å². The molecular formula is C19H19F5N4O3S. The van der Waals surface area contributed by atoms with E-state index in [1.165, 1.54) is 24.3 Å². The Kier molecular flexibility index (Phi) is 6.98. The molecule has 1 aromatic carbocycles. The lowest BCUT2D eigenvalue weighted by molar-refractivity contribution is -0.137. The number of hydrogen-bond donors (Lipinski definition) is 1. The third-order valence-electron chi connectivity index (χ3n) is 4.84. The third kappa shape index (κ3) is 5.51. The van der Waals surface area contributed by atoms with Crippen LogP contribution in [0.1, 0.15) is 5.56 Å². The number of benzene rings is 1. The first-order valence-electron chi connectivity index (χ1n) is 9.40. The number of aromatic nitrogens is 1. The SMILES string of the molecule is O=C(CN1CCN(c2ccc(C(F)(F)F)cn2)CC1)Nc1ccccc1S(=O)(=O)C(F)F. The van der Waals surface area contributed by atoms with Crippen molar-refractivity contribution < 1.29 is 35.2 Å². The molecule has 32 heavy (non-hydrogen) atoms. The zero-order chi connectivity index (χ0) is 23.5. The molecule has 13 heteroatoms. The summed E-state index contributed by atoms with van der Waals surface area (Å²) in [5.41, 5.74) is -1.07. The topological polar surface area (TPSA) is 82.6 Å². The molecule has 3 rings (SSSR count). The minimum absolute atomic E-state index is 0.114. The number of carbonyl (C=O) groups excluding carboxylic acids is 1. The fourth-order valence-electron chi connectivity index (χ4n) is 3.18. The van der Waals surface area contributed by atoms with Gasteiger partial charge in [0.05, 0.1) is 22.7 Å². The molecule has 7 nitrogen and oxygen atoms in total. The number of nitrogens with one attached hydrogen (secondary N) is 1. The molecule has 0 spiro atoms. The Morgan fingerprint density at radius 3 is 2.28 bits per heavy atom.